The van der Waals surface area contributed by atoms with E-state index in [1.54, 1.807) is 0 Å². The number of carbonyl (C=O) groups is 1. The van der Waals surface area contributed by atoms with Crippen LogP contribution in [-0.2, 0) is 14.3 Å². The Kier molecular flexibility index (Phi) is 3.90. The van der Waals surface area contributed by atoms with Gasteiger partial charge >= 0.3 is 5.97 Å². The number of hydrogen-bond donors (Lipinski definition) is 1. The van der Waals surface area contributed by atoms with Gasteiger partial charge in [-0.2, -0.15) is 8.42 Å². The van der Waals surface area contributed by atoms with Crippen molar-refractivity contribution in [2.75, 3.05) is 6.61 Å². The van der Waals surface area contributed by atoms with E-state index >= 15 is 0 Å². The Hall–Kier alpha value is -1.11. The lowest BCUT2D eigenvalue weighted by atomic mass is 10.2. The summed E-state index contributed by atoms with van der Waals surface area (Å²) in [4.78, 5) is 10.3. The maximum atomic E-state index is 11.5. The largest absolute Gasteiger partial charge is 0.478 e. The molecular formula is C9H9ClO5S. The van der Waals surface area contributed by atoms with E-state index in [0.29, 0.717) is 0 Å². The number of rotatable bonds is 4. The molecule has 1 rings (SSSR count). The average molecular weight is 265 g/mol. The second kappa shape index (κ2) is 4.82. The molecule has 1 aromatic carbocycles. The van der Waals surface area contributed by atoms with Gasteiger partial charge in [0.15, 0.2) is 0 Å². The van der Waals surface area contributed by atoms with Gasteiger partial charge in [0.1, 0.15) is 4.90 Å². The highest BCUT2D eigenvalue weighted by Gasteiger charge is 2.20. The molecule has 0 heterocycles. The summed E-state index contributed by atoms with van der Waals surface area (Å²) in [6, 6.07) is 3.39. The molecular weight excluding hydrogens is 256 g/mol. The van der Waals surface area contributed by atoms with Gasteiger partial charge in [-0.15, -0.1) is 0 Å². The first-order chi connectivity index (χ1) is 7.38. The zero-order chi connectivity index (χ0) is 12.3. The first-order valence-corrected chi connectivity index (χ1v) is 6.09. The molecule has 0 atom stereocenters. The number of hydrogen-bond acceptors (Lipinski definition) is 4. The predicted molar refractivity (Wildman–Crippen MR) is 57.2 cm³/mol. The lowest BCUT2D eigenvalue weighted by molar-refractivity contribution is 0.0696. The molecule has 0 aromatic heterocycles. The highest BCUT2D eigenvalue weighted by atomic mass is 35.5. The average Bonchev–Trinajstić information content (AvgIpc) is 2.17. The summed E-state index contributed by atoms with van der Waals surface area (Å²) in [6.07, 6.45) is 0. The van der Waals surface area contributed by atoms with Crippen molar-refractivity contribution in [3.05, 3.63) is 28.8 Å². The van der Waals surface area contributed by atoms with Gasteiger partial charge in [-0.1, -0.05) is 11.6 Å². The topological polar surface area (TPSA) is 80.7 Å². The number of carboxylic acids is 1. The molecule has 0 spiro atoms. The van der Waals surface area contributed by atoms with Crippen LogP contribution in [0.2, 0.25) is 5.02 Å². The van der Waals surface area contributed by atoms with Crippen molar-refractivity contribution < 1.29 is 22.5 Å². The van der Waals surface area contributed by atoms with Crippen LogP contribution in [0.25, 0.3) is 0 Å². The van der Waals surface area contributed by atoms with E-state index in [4.69, 9.17) is 16.7 Å². The van der Waals surface area contributed by atoms with Gasteiger partial charge in [-0.3, -0.25) is 4.18 Å². The third-order valence-corrected chi connectivity index (χ3v) is 3.58. The van der Waals surface area contributed by atoms with Crippen LogP contribution < -0.4 is 0 Å². The first-order valence-electron chi connectivity index (χ1n) is 4.30. The molecule has 7 heteroatoms. The lowest BCUT2D eigenvalue weighted by Crippen LogP contribution is -2.08. The summed E-state index contributed by atoms with van der Waals surface area (Å²) in [6.45, 7) is 1.46. The van der Waals surface area contributed by atoms with Crippen molar-refractivity contribution >= 4 is 27.7 Å². The highest BCUT2D eigenvalue weighted by molar-refractivity contribution is 7.86. The van der Waals surface area contributed by atoms with Crippen molar-refractivity contribution in [2.45, 2.75) is 11.8 Å². The van der Waals surface area contributed by atoms with Crippen molar-refractivity contribution in [1.29, 1.82) is 0 Å². The Bertz CT molecular complexity index is 509. The SMILES string of the molecule is CCOS(=O)(=O)c1cc(C(=O)O)ccc1Cl. The van der Waals surface area contributed by atoms with Crippen LogP contribution in [0.5, 0.6) is 0 Å². The molecule has 0 aliphatic heterocycles. The molecule has 0 unspecified atom stereocenters. The molecule has 0 bridgehead atoms. The van der Waals surface area contributed by atoms with Crippen molar-refractivity contribution in [1.82, 2.24) is 0 Å². The fraction of sp³-hybridized carbons (Fsp3) is 0.222. The minimum atomic E-state index is -3.99. The third kappa shape index (κ3) is 2.72. The van der Waals surface area contributed by atoms with Crippen LogP contribution in [0.4, 0.5) is 0 Å². The fourth-order valence-corrected chi connectivity index (χ4v) is 2.46. The standard InChI is InChI=1S/C9H9ClO5S/c1-2-15-16(13,14)8-5-6(9(11)12)3-4-7(8)10/h3-5H,2H2,1H3,(H,11,12). The Labute approximate surface area is 97.7 Å². The van der Waals surface area contributed by atoms with Gasteiger partial charge in [0.05, 0.1) is 17.2 Å². The monoisotopic (exact) mass is 264 g/mol. The molecule has 0 aliphatic carbocycles. The molecule has 0 radical (unpaired) electrons. The van der Waals surface area contributed by atoms with Crippen LogP contribution in [0.15, 0.2) is 23.1 Å². The van der Waals surface area contributed by atoms with Crippen molar-refractivity contribution in [2.24, 2.45) is 0 Å². The van der Waals surface area contributed by atoms with Crippen LogP contribution in [0.3, 0.4) is 0 Å². The molecule has 0 aliphatic rings. The number of halogens is 1. The molecule has 0 fully saturated rings. The minimum absolute atomic E-state index is 0.0457. The van der Waals surface area contributed by atoms with E-state index in [1.165, 1.54) is 19.1 Å². The number of benzene rings is 1. The molecule has 5 nitrogen and oxygen atoms in total. The summed E-state index contributed by atoms with van der Waals surface area (Å²) in [5, 5.41) is 8.65. The lowest BCUT2D eigenvalue weighted by Gasteiger charge is -2.06. The Morgan fingerprint density at radius 1 is 1.50 bits per heavy atom. The second-order valence-electron chi connectivity index (χ2n) is 2.81. The summed E-state index contributed by atoms with van der Waals surface area (Å²) in [5.74, 6) is -1.23. The molecule has 16 heavy (non-hydrogen) atoms. The molecule has 0 saturated heterocycles. The van der Waals surface area contributed by atoms with Crippen LogP contribution in [0.1, 0.15) is 17.3 Å². The maximum Gasteiger partial charge on any atom is 0.335 e. The quantitative estimate of drug-likeness (QED) is 0.838. The number of aromatic carboxylic acids is 1. The summed E-state index contributed by atoms with van der Waals surface area (Å²) < 4.78 is 27.6. The van der Waals surface area contributed by atoms with E-state index in [1.807, 2.05) is 0 Å². The van der Waals surface area contributed by atoms with Crippen molar-refractivity contribution in [3.63, 3.8) is 0 Å². The normalized spacial score (nSPS) is 11.4. The van der Waals surface area contributed by atoms with Gasteiger partial charge < -0.3 is 5.11 Å². The van der Waals surface area contributed by atoms with Crippen LogP contribution in [-0.4, -0.2) is 26.1 Å². The molecule has 0 saturated carbocycles. The summed E-state index contributed by atoms with van der Waals surface area (Å²) >= 11 is 5.67. The van der Waals surface area contributed by atoms with Gasteiger partial charge in [0.2, 0.25) is 0 Å². The number of carboxylic acid groups (broad SMARTS) is 1. The van der Waals surface area contributed by atoms with E-state index < -0.39 is 16.1 Å². The smallest absolute Gasteiger partial charge is 0.335 e. The third-order valence-electron chi connectivity index (χ3n) is 1.72. The second-order valence-corrected chi connectivity index (χ2v) is 4.80. The summed E-state index contributed by atoms with van der Waals surface area (Å²) in [7, 11) is -3.99. The molecule has 0 amide bonds. The zero-order valence-electron chi connectivity index (χ0n) is 8.31. The van der Waals surface area contributed by atoms with E-state index in [0.717, 1.165) is 6.07 Å². The van der Waals surface area contributed by atoms with Crippen LogP contribution in [0, 0.1) is 0 Å². The van der Waals surface area contributed by atoms with Crippen LogP contribution >= 0.6 is 11.6 Å². The van der Waals surface area contributed by atoms with Gasteiger partial charge in [-0.05, 0) is 25.1 Å². The van der Waals surface area contributed by atoms with Gasteiger partial charge in [0, 0.05) is 0 Å². The fourth-order valence-electron chi connectivity index (χ4n) is 1.05. The van der Waals surface area contributed by atoms with Gasteiger partial charge in [-0.25, -0.2) is 4.79 Å². The van der Waals surface area contributed by atoms with Crippen molar-refractivity contribution in [3.8, 4) is 0 Å². The summed E-state index contributed by atoms with van der Waals surface area (Å²) in [5.41, 5.74) is -0.164. The van der Waals surface area contributed by atoms with E-state index in [2.05, 4.69) is 4.18 Å². The zero-order valence-corrected chi connectivity index (χ0v) is 9.88. The predicted octanol–water partition coefficient (Wildman–Crippen LogP) is 1.76. The Morgan fingerprint density at radius 2 is 2.12 bits per heavy atom. The van der Waals surface area contributed by atoms with E-state index in [-0.39, 0.29) is 22.1 Å². The Balaban J connectivity index is 3.33. The molecule has 88 valence electrons. The molecule has 1 aromatic rings. The first kappa shape index (κ1) is 13.0. The molecule has 1 N–H and O–H groups in total. The highest BCUT2D eigenvalue weighted by Crippen LogP contribution is 2.24. The van der Waals surface area contributed by atoms with E-state index in [9.17, 15) is 13.2 Å². The van der Waals surface area contributed by atoms with Gasteiger partial charge in [0.25, 0.3) is 10.1 Å². The maximum absolute atomic E-state index is 11.5. The Morgan fingerprint density at radius 3 is 2.62 bits per heavy atom. The minimum Gasteiger partial charge on any atom is -0.478 e.